The lowest BCUT2D eigenvalue weighted by molar-refractivity contribution is -0.680. The van der Waals surface area contributed by atoms with Crippen LogP contribution in [-0.4, -0.2) is 5.01 Å². The average molecular weight is 201 g/mol. The summed E-state index contributed by atoms with van der Waals surface area (Å²) in [6.07, 6.45) is 2.01. The van der Waals surface area contributed by atoms with Crippen LogP contribution in [0.5, 0.6) is 5.88 Å². The van der Waals surface area contributed by atoms with Crippen LogP contribution < -0.4 is 9.30 Å². The van der Waals surface area contributed by atoms with Crippen LogP contribution in [0, 0.1) is 0 Å². The molecule has 0 radical (unpaired) electrons. The van der Waals surface area contributed by atoms with Crippen molar-refractivity contribution in [2.45, 2.75) is 11.6 Å². The maximum Gasteiger partial charge on any atom is 0.369 e. The van der Waals surface area contributed by atoms with Crippen molar-refractivity contribution in [1.82, 2.24) is 0 Å². The number of halogens is 1. The predicted octanol–water partition coefficient (Wildman–Crippen LogP) is 1.09. The number of hydrogen-bond acceptors (Lipinski definition) is 1. The topological polar surface area (TPSA) is 13.1 Å². The Morgan fingerprint density at radius 1 is 1.60 bits per heavy atom. The average Bonchev–Trinajstić information content (AvgIpc) is 2.27. The van der Waals surface area contributed by atoms with Gasteiger partial charge in [0.15, 0.2) is 12.7 Å². The molecule has 52 valence electrons. The lowest BCUT2D eigenvalue weighted by Gasteiger charge is -1.89. The number of aromatic nitrogens is 1. The van der Waals surface area contributed by atoms with Gasteiger partial charge in [-0.05, 0) is 22.0 Å². The monoisotopic (exact) mass is 200 g/mol. The first-order chi connectivity index (χ1) is 4.86. The molecule has 1 aromatic rings. The fourth-order valence-electron chi connectivity index (χ4n) is 1.04. The summed E-state index contributed by atoms with van der Waals surface area (Å²) in [6, 6.07) is 5.93. The van der Waals surface area contributed by atoms with Crippen molar-refractivity contribution in [3.05, 3.63) is 24.4 Å². The lowest BCUT2D eigenvalue weighted by Crippen LogP contribution is -2.30. The van der Waals surface area contributed by atoms with Crippen LogP contribution in [0.15, 0.2) is 24.4 Å². The fourth-order valence-corrected chi connectivity index (χ4v) is 1.54. The molecule has 0 amide bonds. The molecule has 0 aromatic carbocycles. The third-order valence-electron chi connectivity index (χ3n) is 1.49. The number of pyridine rings is 1. The van der Waals surface area contributed by atoms with E-state index in [1.807, 2.05) is 24.4 Å². The summed E-state index contributed by atoms with van der Waals surface area (Å²) < 4.78 is 7.46. The summed E-state index contributed by atoms with van der Waals surface area (Å²) >= 11 is 3.38. The summed E-state index contributed by atoms with van der Waals surface area (Å²) in [5, 5.41) is 0.148. The second-order valence-corrected chi connectivity index (χ2v) is 3.24. The minimum atomic E-state index is 0.148. The van der Waals surface area contributed by atoms with E-state index in [0.717, 1.165) is 12.4 Å². The molecule has 0 N–H and O–H groups in total. The third-order valence-corrected chi connectivity index (χ3v) is 1.96. The maximum atomic E-state index is 5.39. The smallest absolute Gasteiger partial charge is 0.369 e. The molecular weight excluding hydrogens is 194 g/mol. The van der Waals surface area contributed by atoms with Crippen LogP contribution in [-0.2, 0) is 6.54 Å². The van der Waals surface area contributed by atoms with Crippen LogP contribution in [0.3, 0.4) is 0 Å². The van der Waals surface area contributed by atoms with Crippen molar-refractivity contribution < 1.29 is 9.30 Å². The highest BCUT2D eigenvalue weighted by Crippen LogP contribution is 2.15. The van der Waals surface area contributed by atoms with E-state index in [0.29, 0.717) is 0 Å². The zero-order valence-electron chi connectivity index (χ0n) is 5.33. The van der Waals surface area contributed by atoms with Crippen LogP contribution in [0.2, 0.25) is 0 Å². The van der Waals surface area contributed by atoms with Gasteiger partial charge in [-0.15, -0.1) is 0 Å². The van der Waals surface area contributed by atoms with E-state index < -0.39 is 0 Å². The van der Waals surface area contributed by atoms with E-state index >= 15 is 0 Å². The molecule has 0 saturated heterocycles. The minimum absolute atomic E-state index is 0.148. The zero-order valence-corrected chi connectivity index (χ0v) is 6.91. The molecule has 2 heterocycles. The van der Waals surface area contributed by atoms with E-state index in [-0.39, 0.29) is 5.01 Å². The molecule has 1 aromatic heterocycles. The van der Waals surface area contributed by atoms with Crippen molar-refractivity contribution in [2.75, 3.05) is 0 Å². The molecular formula is C7H7BrNO+. The Balaban J connectivity index is 2.42. The Morgan fingerprint density at radius 2 is 2.50 bits per heavy atom. The van der Waals surface area contributed by atoms with Gasteiger partial charge < -0.3 is 4.74 Å². The lowest BCUT2D eigenvalue weighted by atomic mass is 10.5. The first-order valence-corrected chi connectivity index (χ1v) is 4.07. The highest BCUT2D eigenvalue weighted by atomic mass is 79.9. The highest BCUT2D eigenvalue weighted by molar-refractivity contribution is 9.09. The van der Waals surface area contributed by atoms with Gasteiger partial charge in [0.1, 0.15) is 0 Å². The van der Waals surface area contributed by atoms with Crippen LogP contribution in [0.1, 0.15) is 0 Å². The van der Waals surface area contributed by atoms with Gasteiger partial charge in [-0.25, -0.2) is 0 Å². The van der Waals surface area contributed by atoms with Crippen LogP contribution in [0.4, 0.5) is 0 Å². The number of ether oxygens (including phenoxy) is 1. The van der Waals surface area contributed by atoms with Gasteiger partial charge in [0.25, 0.3) is 0 Å². The Labute approximate surface area is 67.6 Å². The molecule has 2 nitrogen and oxygen atoms in total. The molecule has 0 aliphatic carbocycles. The molecule has 10 heavy (non-hydrogen) atoms. The Bertz CT molecular complexity index is 226. The van der Waals surface area contributed by atoms with Gasteiger partial charge in [-0.2, -0.15) is 4.57 Å². The van der Waals surface area contributed by atoms with Gasteiger partial charge in [0, 0.05) is 6.07 Å². The summed E-state index contributed by atoms with van der Waals surface area (Å²) in [4.78, 5) is 0. The molecule has 0 bridgehead atoms. The van der Waals surface area contributed by atoms with Crippen molar-refractivity contribution in [1.29, 1.82) is 0 Å². The first kappa shape index (κ1) is 6.16. The molecule has 1 unspecified atom stereocenters. The summed E-state index contributed by atoms with van der Waals surface area (Å²) in [5.74, 6) is 0.935. The third kappa shape index (κ3) is 0.904. The summed E-state index contributed by atoms with van der Waals surface area (Å²) in [6.45, 7) is 0.899. The second-order valence-electron chi connectivity index (χ2n) is 2.22. The molecule has 0 saturated carbocycles. The second kappa shape index (κ2) is 2.23. The molecule has 1 aliphatic rings. The quantitative estimate of drug-likeness (QED) is 0.452. The van der Waals surface area contributed by atoms with E-state index in [9.17, 15) is 0 Å². The standard InChI is InChI=1S/C7H7BrNO/c8-6-5-9-4-2-1-3-7(9)10-6/h1-4,6H,5H2/q+1. The number of nitrogens with zero attached hydrogens (tertiary/aromatic N) is 1. The molecule has 0 spiro atoms. The van der Waals surface area contributed by atoms with Crippen molar-refractivity contribution in [3.8, 4) is 5.88 Å². The highest BCUT2D eigenvalue weighted by Gasteiger charge is 2.26. The summed E-state index contributed by atoms with van der Waals surface area (Å²) in [7, 11) is 0. The predicted molar refractivity (Wildman–Crippen MR) is 40.0 cm³/mol. The molecule has 0 fully saturated rings. The van der Waals surface area contributed by atoms with Gasteiger partial charge in [0.2, 0.25) is 5.01 Å². The SMILES string of the molecule is BrC1C[n+]2ccccc2O1. The van der Waals surface area contributed by atoms with E-state index in [1.54, 1.807) is 0 Å². The number of alkyl halides is 1. The van der Waals surface area contributed by atoms with E-state index in [1.165, 1.54) is 0 Å². The normalized spacial score (nSPS) is 21.9. The summed E-state index contributed by atoms with van der Waals surface area (Å²) in [5.41, 5.74) is 0. The number of hydrogen-bond donors (Lipinski definition) is 0. The van der Waals surface area contributed by atoms with E-state index in [4.69, 9.17) is 4.74 Å². The Morgan fingerprint density at radius 3 is 3.30 bits per heavy atom. The maximum absolute atomic E-state index is 5.39. The molecule has 3 heteroatoms. The number of rotatable bonds is 0. The zero-order chi connectivity index (χ0) is 6.97. The van der Waals surface area contributed by atoms with Crippen molar-refractivity contribution >= 4 is 15.9 Å². The van der Waals surface area contributed by atoms with Gasteiger partial charge in [0.05, 0.1) is 6.07 Å². The van der Waals surface area contributed by atoms with Crippen LogP contribution in [0.25, 0.3) is 0 Å². The van der Waals surface area contributed by atoms with Gasteiger partial charge in [-0.1, -0.05) is 0 Å². The molecule has 2 rings (SSSR count). The Kier molecular flexibility index (Phi) is 1.38. The fraction of sp³-hybridized carbons (Fsp3) is 0.286. The minimum Gasteiger partial charge on any atom is -0.423 e. The molecule has 1 atom stereocenters. The van der Waals surface area contributed by atoms with E-state index in [2.05, 4.69) is 20.5 Å². The Hall–Kier alpha value is -0.570. The largest absolute Gasteiger partial charge is 0.423 e. The van der Waals surface area contributed by atoms with Gasteiger partial charge >= 0.3 is 5.88 Å². The number of fused-ring (bicyclic) bond motifs is 1. The van der Waals surface area contributed by atoms with Gasteiger partial charge in [-0.3, -0.25) is 0 Å². The van der Waals surface area contributed by atoms with Crippen LogP contribution >= 0.6 is 15.9 Å². The first-order valence-electron chi connectivity index (χ1n) is 3.15. The van der Waals surface area contributed by atoms with Crippen molar-refractivity contribution in [2.24, 2.45) is 0 Å². The van der Waals surface area contributed by atoms with Crippen molar-refractivity contribution in [3.63, 3.8) is 0 Å². The molecule has 1 aliphatic heterocycles.